The highest BCUT2D eigenvalue weighted by Gasteiger charge is 2.19. The van der Waals surface area contributed by atoms with Gasteiger partial charge in [0.15, 0.2) is 11.5 Å². The van der Waals surface area contributed by atoms with Gasteiger partial charge in [-0.1, -0.05) is 42.5 Å². The Kier molecular flexibility index (Phi) is 6.25. The highest BCUT2D eigenvalue weighted by molar-refractivity contribution is 7.80. The van der Waals surface area contributed by atoms with Crippen LogP contribution in [0.25, 0.3) is 6.08 Å². The Hall–Kier alpha value is -3.44. The van der Waals surface area contributed by atoms with E-state index in [1.807, 2.05) is 36.4 Å². The van der Waals surface area contributed by atoms with E-state index in [0.717, 1.165) is 5.56 Å². The molecule has 2 N–H and O–H groups in total. The fourth-order valence-electron chi connectivity index (χ4n) is 2.16. The quantitative estimate of drug-likeness (QED) is 0.262. The van der Waals surface area contributed by atoms with Crippen molar-refractivity contribution < 1.29 is 14.4 Å². The van der Waals surface area contributed by atoms with E-state index in [2.05, 4.69) is 0 Å². The van der Waals surface area contributed by atoms with Crippen LogP contribution in [0.5, 0.6) is 11.5 Å². The predicted octanol–water partition coefficient (Wildman–Crippen LogP) is 3.38. The monoisotopic (exact) mass is 369 g/mol. The van der Waals surface area contributed by atoms with Crippen LogP contribution in [0.15, 0.2) is 48.0 Å². The summed E-state index contributed by atoms with van der Waals surface area (Å²) in [6.07, 6.45) is 1.25. The Bertz CT molecular complexity index is 905. The second-order valence-corrected chi connectivity index (χ2v) is 5.57. The molecule has 2 aromatic carbocycles. The number of nitro benzene ring substituents is 1. The molecule has 0 amide bonds. The van der Waals surface area contributed by atoms with Crippen molar-refractivity contribution in [3.63, 3.8) is 0 Å². The van der Waals surface area contributed by atoms with Crippen LogP contribution in [0.1, 0.15) is 11.1 Å². The molecule has 0 aliphatic rings. The summed E-state index contributed by atoms with van der Waals surface area (Å²) in [6.45, 7) is 0.222. The molecule has 0 saturated carbocycles. The van der Waals surface area contributed by atoms with Crippen molar-refractivity contribution >= 4 is 29.0 Å². The van der Waals surface area contributed by atoms with Gasteiger partial charge in [-0.25, -0.2) is 0 Å². The van der Waals surface area contributed by atoms with Gasteiger partial charge in [0, 0.05) is 0 Å². The zero-order valence-corrected chi connectivity index (χ0v) is 14.7. The van der Waals surface area contributed by atoms with Gasteiger partial charge >= 0.3 is 0 Å². The van der Waals surface area contributed by atoms with E-state index in [1.165, 1.54) is 25.3 Å². The molecule has 7 nitrogen and oxygen atoms in total. The van der Waals surface area contributed by atoms with Crippen LogP contribution >= 0.6 is 12.2 Å². The Balaban J connectivity index is 2.45. The summed E-state index contributed by atoms with van der Waals surface area (Å²) >= 11 is 4.77. The second kappa shape index (κ2) is 8.60. The third-order valence-corrected chi connectivity index (χ3v) is 3.65. The van der Waals surface area contributed by atoms with Gasteiger partial charge in [0.2, 0.25) is 0 Å². The molecule has 0 radical (unpaired) electrons. The first kappa shape index (κ1) is 18.9. The van der Waals surface area contributed by atoms with E-state index in [-0.39, 0.29) is 39.9 Å². The molecule has 0 unspecified atom stereocenters. The largest absolute Gasteiger partial charge is 0.493 e. The number of hydrogen-bond donors (Lipinski definition) is 1. The third-order valence-electron chi connectivity index (χ3n) is 3.43. The fourth-order valence-corrected chi connectivity index (χ4v) is 2.26. The number of thiocarbonyl (C=S) groups is 1. The number of benzene rings is 2. The number of rotatable bonds is 7. The fraction of sp³-hybridized carbons (Fsp3) is 0.111. The molecule has 0 heterocycles. The molecule has 0 saturated heterocycles. The molecule has 0 spiro atoms. The summed E-state index contributed by atoms with van der Waals surface area (Å²) in [6, 6.07) is 13.8. The Morgan fingerprint density at radius 1 is 1.35 bits per heavy atom. The number of nitrogens with zero attached hydrogens (tertiary/aromatic N) is 2. The predicted molar refractivity (Wildman–Crippen MR) is 101 cm³/mol. The topological polar surface area (TPSA) is 111 Å². The van der Waals surface area contributed by atoms with Crippen molar-refractivity contribution in [3.8, 4) is 17.6 Å². The van der Waals surface area contributed by atoms with Crippen molar-refractivity contribution in [3.05, 3.63) is 69.3 Å². The van der Waals surface area contributed by atoms with Gasteiger partial charge in [-0.15, -0.1) is 0 Å². The van der Waals surface area contributed by atoms with Gasteiger partial charge < -0.3 is 15.2 Å². The highest BCUT2D eigenvalue weighted by atomic mass is 32.1. The number of hydrogen-bond acceptors (Lipinski definition) is 6. The maximum Gasteiger partial charge on any atom is 0.280 e. The van der Waals surface area contributed by atoms with Crippen molar-refractivity contribution in [2.75, 3.05) is 7.11 Å². The first-order valence-corrected chi connectivity index (χ1v) is 7.81. The molecule has 0 aliphatic carbocycles. The molecule has 2 rings (SSSR count). The van der Waals surface area contributed by atoms with Gasteiger partial charge in [-0.05, 0) is 17.7 Å². The van der Waals surface area contributed by atoms with Gasteiger partial charge in [-0.2, -0.15) is 5.26 Å². The van der Waals surface area contributed by atoms with Gasteiger partial charge in [-0.3, -0.25) is 10.1 Å². The number of nitrogens with two attached hydrogens (primary N) is 1. The minimum atomic E-state index is -0.574. The molecule has 2 aromatic rings. The van der Waals surface area contributed by atoms with Crippen LogP contribution in [0, 0.1) is 21.4 Å². The number of methoxy groups -OCH3 is 1. The van der Waals surface area contributed by atoms with E-state index in [9.17, 15) is 10.1 Å². The lowest BCUT2D eigenvalue weighted by Gasteiger charge is -2.12. The van der Waals surface area contributed by atoms with E-state index in [1.54, 1.807) is 0 Å². The van der Waals surface area contributed by atoms with E-state index >= 15 is 0 Å². The zero-order chi connectivity index (χ0) is 19.1. The molecule has 0 aliphatic heterocycles. The number of nitro groups is 1. The van der Waals surface area contributed by atoms with E-state index in [0.29, 0.717) is 0 Å². The van der Waals surface area contributed by atoms with Crippen molar-refractivity contribution in [1.29, 1.82) is 5.26 Å². The molecule has 132 valence electrons. The van der Waals surface area contributed by atoms with Crippen LogP contribution in [-0.4, -0.2) is 17.0 Å². The van der Waals surface area contributed by atoms with Crippen LogP contribution in [0.3, 0.4) is 0 Å². The normalized spacial score (nSPS) is 10.7. The van der Waals surface area contributed by atoms with Crippen LogP contribution < -0.4 is 15.2 Å². The maximum atomic E-state index is 11.4. The Morgan fingerprint density at radius 3 is 2.58 bits per heavy atom. The van der Waals surface area contributed by atoms with Gasteiger partial charge in [0.1, 0.15) is 17.7 Å². The molecular weight excluding hydrogens is 354 g/mol. The lowest BCUT2D eigenvalue weighted by molar-refractivity contribution is -0.385. The summed E-state index contributed by atoms with van der Waals surface area (Å²) in [5, 5.41) is 20.5. The lowest BCUT2D eigenvalue weighted by atomic mass is 10.1. The summed E-state index contributed by atoms with van der Waals surface area (Å²) in [5.41, 5.74) is 6.20. The third kappa shape index (κ3) is 4.55. The summed E-state index contributed by atoms with van der Waals surface area (Å²) in [4.78, 5) is 10.7. The molecular formula is C18H15N3O4S. The summed E-state index contributed by atoms with van der Waals surface area (Å²) < 4.78 is 10.9. The van der Waals surface area contributed by atoms with Gasteiger partial charge in [0.05, 0.1) is 29.2 Å². The number of ether oxygens (including phenoxy) is 2. The highest BCUT2D eigenvalue weighted by Crippen LogP contribution is 2.36. The molecule has 0 atom stereocenters. The van der Waals surface area contributed by atoms with Crippen molar-refractivity contribution in [1.82, 2.24) is 0 Å². The second-order valence-electron chi connectivity index (χ2n) is 5.13. The minimum absolute atomic E-state index is 0.0388. The first-order valence-electron chi connectivity index (χ1n) is 7.41. The molecule has 0 fully saturated rings. The number of nitriles is 1. The first-order chi connectivity index (χ1) is 12.5. The average Bonchev–Trinajstić information content (AvgIpc) is 2.64. The summed E-state index contributed by atoms with van der Waals surface area (Å²) in [5.74, 6) is 0.507. The summed E-state index contributed by atoms with van der Waals surface area (Å²) in [7, 11) is 1.42. The van der Waals surface area contributed by atoms with Crippen molar-refractivity contribution in [2.45, 2.75) is 6.61 Å². The molecule has 8 heteroatoms. The standard InChI is InChI=1S/C18H15N3O4S/c1-24-16-8-13(7-14(10-19)18(20)26)15(21(22)23)9-17(16)25-11-12-5-3-2-4-6-12/h2-9H,11H2,1H3,(H2,20,26)/b14-7+. The lowest BCUT2D eigenvalue weighted by Crippen LogP contribution is -2.10. The maximum absolute atomic E-state index is 11.4. The van der Waals surface area contributed by atoms with Gasteiger partial charge in [0.25, 0.3) is 5.69 Å². The minimum Gasteiger partial charge on any atom is -0.493 e. The molecule has 0 aromatic heterocycles. The molecule has 26 heavy (non-hydrogen) atoms. The average molecular weight is 369 g/mol. The van der Waals surface area contributed by atoms with Crippen LogP contribution in [0.2, 0.25) is 0 Å². The van der Waals surface area contributed by atoms with Crippen LogP contribution in [-0.2, 0) is 6.61 Å². The van der Waals surface area contributed by atoms with E-state index < -0.39 is 4.92 Å². The van der Waals surface area contributed by atoms with Crippen LogP contribution in [0.4, 0.5) is 5.69 Å². The molecule has 0 bridgehead atoms. The van der Waals surface area contributed by atoms with E-state index in [4.69, 9.17) is 32.7 Å². The SMILES string of the molecule is COc1cc(/C=C(\C#N)C(N)=S)c([N+](=O)[O-])cc1OCc1ccccc1. The Morgan fingerprint density at radius 2 is 2.04 bits per heavy atom. The Labute approximate surface area is 155 Å². The zero-order valence-electron chi connectivity index (χ0n) is 13.8. The van der Waals surface area contributed by atoms with Crippen molar-refractivity contribution in [2.24, 2.45) is 5.73 Å². The smallest absolute Gasteiger partial charge is 0.280 e.